The number of unbranched alkanes of at least 4 members (excludes halogenated alkanes) is 6. The maximum Gasteiger partial charge on any atom is 1.00 e. The van der Waals surface area contributed by atoms with Crippen LogP contribution in [0, 0.1) is 0 Å². The maximum absolute atomic E-state index is 11.1. The van der Waals surface area contributed by atoms with Gasteiger partial charge in [-0.25, -0.2) is 8.42 Å². The SMILES string of the molecule is CCCCC(O)CCCCCCCCC(CCC)S(=O)(=O)[O-].[K+]. The Hall–Kier alpha value is 1.51. The molecule has 2 unspecified atom stereocenters. The molecule has 2 atom stereocenters. The largest absolute Gasteiger partial charge is 1.00 e. The van der Waals surface area contributed by atoms with Gasteiger partial charge in [-0.15, -0.1) is 0 Å². The van der Waals surface area contributed by atoms with Gasteiger partial charge >= 0.3 is 51.4 Å². The van der Waals surface area contributed by atoms with Crippen molar-refractivity contribution in [3.8, 4) is 0 Å². The molecule has 0 aromatic heterocycles. The smallest absolute Gasteiger partial charge is 0.748 e. The molecule has 0 saturated carbocycles. The van der Waals surface area contributed by atoms with Gasteiger partial charge < -0.3 is 9.66 Å². The Bertz CT molecular complexity index is 347. The third-order valence-corrected chi connectivity index (χ3v) is 5.51. The van der Waals surface area contributed by atoms with E-state index >= 15 is 0 Å². The molecule has 0 bridgehead atoms. The fourth-order valence-corrected chi connectivity index (χ4v) is 3.78. The second kappa shape index (κ2) is 16.9. The quantitative estimate of drug-likeness (QED) is 0.267. The molecule has 0 aliphatic rings. The van der Waals surface area contributed by atoms with Crippen molar-refractivity contribution in [3.05, 3.63) is 0 Å². The van der Waals surface area contributed by atoms with E-state index in [0.29, 0.717) is 12.8 Å². The minimum Gasteiger partial charge on any atom is -0.748 e. The van der Waals surface area contributed by atoms with Gasteiger partial charge in [-0.1, -0.05) is 71.6 Å². The molecule has 134 valence electrons. The van der Waals surface area contributed by atoms with Crippen LogP contribution in [0.2, 0.25) is 0 Å². The predicted molar refractivity (Wildman–Crippen MR) is 90.9 cm³/mol. The molecule has 0 aromatic rings. The summed E-state index contributed by atoms with van der Waals surface area (Å²) in [6.07, 6.45) is 11.9. The van der Waals surface area contributed by atoms with Crippen molar-refractivity contribution in [2.75, 3.05) is 0 Å². The maximum atomic E-state index is 11.1. The molecule has 0 heterocycles. The van der Waals surface area contributed by atoms with E-state index in [0.717, 1.165) is 70.6 Å². The van der Waals surface area contributed by atoms with Crippen molar-refractivity contribution in [3.63, 3.8) is 0 Å². The summed E-state index contributed by atoms with van der Waals surface area (Å²) < 4.78 is 33.3. The van der Waals surface area contributed by atoms with Gasteiger partial charge in [0, 0.05) is 5.25 Å². The summed E-state index contributed by atoms with van der Waals surface area (Å²) in [5.74, 6) is 0. The van der Waals surface area contributed by atoms with Crippen LogP contribution in [0.5, 0.6) is 0 Å². The Morgan fingerprint density at radius 1 is 0.783 bits per heavy atom. The molecular formula is C17H35KO4S. The van der Waals surface area contributed by atoms with Crippen LogP contribution in [0.1, 0.15) is 97.3 Å². The van der Waals surface area contributed by atoms with Gasteiger partial charge in [-0.3, -0.25) is 0 Å². The summed E-state index contributed by atoms with van der Waals surface area (Å²) in [6.45, 7) is 4.04. The minimum absolute atomic E-state index is 0. The van der Waals surface area contributed by atoms with Crippen LogP contribution in [0.25, 0.3) is 0 Å². The van der Waals surface area contributed by atoms with Crippen LogP contribution in [0.15, 0.2) is 0 Å². The molecule has 23 heavy (non-hydrogen) atoms. The first-order valence-electron chi connectivity index (χ1n) is 9.04. The first-order valence-corrected chi connectivity index (χ1v) is 10.5. The standard InChI is InChI=1S/C17H36O4S.K/c1-3-5-13-16(18)14-10-8-6-7-9-11-15-17(12-4-2)22(19,20)21;/h16-18H,3-15H2,1-2H3,(H,19,20,21);/q;+1/p-1. The van der Waals surface area contributed by atoms with E-state index in [4.69, 9.17) is 0 Å². The number of aliphatic hydroxyl groups is 1. The van der Waals surface area contributed by atoms with Crippen molar-refractivity contribution in [1.29, 1.82) is 0 Å². The molecule has 4 nitrogen and oxygen atoms in total. The average Bonchev–Trinajstić information content (AvgIpc) is 2.45. The monoisotopic (exact) mass is 374 g/mol. The van der Waals surface area contributed by atoms with Crippen molar-refractivity contribution < 1.29 is 69.5 Å². The van der Waals surface area contributed by atoms with Crippen LogP contribution in [0.4, 0.5) is 0 Å². The number of aliphatic hydroxyl groups excluding tert-OH is 1. The number of rotatable bonds is 15. The molecule has 0 amide bonds. The van der Waals surface area contributed by atoms with Gasteiger partial charge in [0.05, 0.1) is 16.2 Å². The van der Waals surface area contributed by atoms with Crippen LogP contribution in [0.3, 0.4) is 0 Å². The van der Waals surface area contributed by atoms with E-state index < -0.39 is 15.4 Å². The van der Waals surface area contributed by atoms with E-state index in [-0.39, 0.29) is 57.5 Å². The zero-order valence-corrected chi connectivity index (χ0v) is 19.4. The van der Waals surface area contributed by atoms with E-state index in [1.54, 1.807) is 0 Å². The molecule has 6 heteroatoms. The van der Waals surface area contributed by atoms with Crippen molar-refractivity contribution in [2.24, 2.45) is 0 Å². The average molecular weight is 375 g/mol. The van der Waals surface area contributed by atoms with Gasteiger partial charge in [0.2, 0.25) is 0 Å². The van der Waals surface area contributed by atoms with E-state index in [1.807, 2.05) is 6.92 Å². The first-order chi connectivity index (χ1) is 10.4. The van der Waals surface area contributed by atoms with Crippen LogP contribution >= 0.6 is 0 Å². The summed E-state index contributed by atoms with van der Waals surface area (Å²) in [4.78, 5) is 0. The minimum atomic E-state index is -4.12. The Balaban J connectivity index is 0. The normalized spacial score (nSPS) is 14.3. The third kappa shape index (κ3) is 16.7. The molecule has 0 aliphatic heterocycles. The molecule has 0 rings (SSSR count). The van der Waals surface area contributed by atoms with Gasteiger partial charge in [0.15, 0.2) is 0 Å². The van der Waals surface area contributed by atoms with Crippen molar-refractivity contribution in [2.45, 2.75) is 109 Å². The molecular weight excluding hydrogens is 339 g/mol. The van der Waals surface area contributed by atoms with Gasteiger partial charge in [-0.2, -0.15) is 0 Å². The van der Waals surface area contributed by atoms with E-state index in [2.05, 4.69) is 6.92 Å². The summed E-state index contributed by atoms with van der Waals surface area (Å²) in [5, 5.41) is 9.03. The molecule has 0 saturated heterocycles. The molecule has 0 aliphatic carbocycles. The molecule has 1 N–H and O–H groups in total. The number of hydrogen-bond donors (Lipinski definition) is 1. The zero-order valence-electron chi connectivity index (χ0n) is 15.4. The van der Waals surface area contributed by atoms with Gasteiger partial charge in [-0.05, 0) is 25.7 Å². The Morgan fingerprint density at radius 3 is 1.74 bits per heavy atom. The fraction of sp³-hybridized carbons (Fsp3) is 1.00. The Labute approximate surface area is 186 Å². The van der Waals surface area contributed by atoms with E-state index in [1.165, 1.54) is 0 Å². The topological polar surface area (TPSA) is 77.4 Å². The Morgan fingerprint density at radius 2 is 1.26 bits per heavy atom. The van der Waals surface area contributed by atoms with Crippen LogP contribution in [-0.2, 0) is 10.1 Å². The van der Waals surface area contributed by atoms with Crippen LogP contribution in [-0.4, -0.2) is 29.4 Å². The summed E-state index contributed by atoms with van der Waals surface area (Å²) >= 11 is 0. The van der Waals surface area contributed by atoms with Gasteiger partial charge in [0.1, 0.15) is 0 Å². The first kappa shape index (κ1) is 26.7. The molecule has 0 spiro atoms. The van der Waals surface area contributed by atoms with Crippen molar-refractivity contribution in [1.82, 2.24) is 0 Å². The molecule has 0 radical (unpaired) electrons. The zero-order chi connectivity index (χ0) is 16.8. The third-order valence-electron chi connectivity index (χ3n) is 4.22. The van der Waals surface area contributed by atoms with Crippen LogP contribution < -0.4 is 51.4 Å². The summed E-state index contributed by atoms with van der Waals surface area (Å²) in [5.41, 5.74) is 0. The summed E-state index contributed by atoms with van der Waals surface area (Å²) in [6, 6.07) is 0. The molecule has 0 aromatic carbocycles. The second-order valence-corrected chi connectivity index (χ2v) is 8.05. The van der Waals surface area contributed by atoms with E-state index in [9.17, 15) is 18.1 Å². The number of hydrogen-bond acceptors (Lipinski definition) is 4. The Kier molecular flexibility index (Phi) is 19.7. The van der Waals surface area contributed by atoms with Gasteiger partial charge in [0.25, 0.3) is 0 Å². The van der Waals surface area contributed by atoms with Crippen molar-refractivity contribution >= 4 is 10.1 Å². The molecule has 0 fully saturated rings. The second-order valence-electron chi connectivity index (χ2n) is 6.40. The predicted octanol–water partition coefficient (Wildman–Crippen LogP) is 1.38. The summed E-state index contributed by atoms with van der Waals surface area (Å²) in [7, 11) is -4.12. The fourth-order valence-electron chi connectivity index (χ4n) is 2.80.